The van der Waals surface area contributed by atoms with Crippen molar-refractivity contribution in [3.63, 3.8) is 0 Å². The Morgan fingerprint density at radius 1 is 1.10 bits per heavy atom. The highest BCUT2D eigenvalue weighted by atomic mass is 16.7. The second-order valence-corrected chi connectivity index (χ2v) is 6.95. The van der Waals surface area contributed by atoms with Gasteiger partial charge in [-0.15, -0.1) is 0 Å². The summed E-state index contributed by atoms with van der Waals surface area (Å²) in [6.07, 6.45) is 5.92. The molecule has 0 amide bonds. The van der Waals surface area contributed by atoms with E-state index >= 15 is 0 Å². The average molecular weight is 283 g/mol. The fraction of sp³-hybridized carbons (Fsp3) is 1.00. The first-order chi connectivity index (χ1) is 9.67. The predicted octanol–water partition coefficient (Wildman–Crippen LogP) is 2.32. The van der Waals surface area contributed by atoms with Crippen molar-refractivity contribution < 1.29 is 14.2 Å². The molecule has 0 aromatic carbocycles. The fourth-order valence-electron chi connectivity index (χ4n) is 3.69. The average Bonchev–Trinajstić information content (AvgIpc) is 2.84. The smallest absolute Gasteiger partial charge is 0.173 e. The van der Waals surface area contributed by atoms with Crippen LogP contribution < -0.4 is 5.32 Å². The van der Waals surface area contributed by atoms with E-state index in [1.165, 1.54) is 19.3 Å². The van der Waals surface area contributed by atoms with Gasteiger partial charge >= 0.3 is 0 Å². The van der Waals surface area contributed by atoms with Gasteiger partial charge in [-0.2, -0.15) is 0 Å². The number of ether oxygens (including phenoxy) is 3. The van der Waals surface area contributed by atoms with Gasteiger partial charge in [0.25, 0.3) is 0 Å². The van der Waals surface area contributed by atoms with Gasteiger partial charge in [0, 0.05) is 25.4 Å². The van der Waals surface area contributed by atoms with Crippen molar-refractivity contribution in [2.24, 2.45) is 11.8 Å². The molecule has 2 heterocycles. The molecule has 4 unspecified atom stereocenters. The van der Waals surface area contributed by atoms with Gasteiger partial charge in [-0.3, -0.25) is 0 Å². The van der Waals surface area contributed by atoms with Crippen molar-refractivity contribution in [2.75, 3.05) is 26.4 Å². The highest BCUT2D eigenvalue weighted by Gasteiger charge is 2.42. The van der Waals surface area contributed by atoms with Gasteiger partial charge in [-0.1, -0.05) is 13.8 Å². The van der Waals surface area contributed by atoms with Crippen molar-refractivity contribution in [3.05, 3.63) is 0 Å². The maximum Gasteiger partial charge on any atom is 0.173 e. The van der Waals surface area contributed by atoms with Crippen LogP contribution in [0.3, 0.4) is 0 Å². The SMILES string of the molecule is CC1CCC(NCC2COC3(CCOCC3)O2)CC1C. The Balaban J connectivity index is 1.41. The van der Waals surface area contributed by atoms with Gasteiger partial charge in [0.2, 0.25) is 0 Å². The summed E-state index contributed by atoms with van der Waals surface area (Å²) < 4.78 is 17.5. The summed E-state index contributed by atoms with van der Waals surface area (Å²) >= 11 is 0. The quantitative estimate of drug-likeness (QED) is 0.863. The number of hydrogen-bond acceptors (Lipinski definition) is 4. The van der Waals surface area contributed by atoms with Crippen LogP contribution in [0.4, 0.5) is 0 Å². The van der Waals surface area contributed by atoms with Gasteiger partial charge < -0.3 is 19.5 Å². The third kappa shape index (κ3) is 3.35. The maximum absolute atomic E-state index is 6.16. The second-order valence-electron chi connectivity index (χ2n) is 6.95. The standard InChI is InChI=1S/C16H29NO3/c1-12-3-4-14(9-13(12)2)17-10-15-11-19-16(20-15)5-7-18-8-6-16/h12-15,17H,3-11H2,1-2H3. The van der Waals surface area contributed by atoms with E-state index in [0.717, 1.165) is 51.0 Å². The number of nitrogens with one attached hydrogen (secondary N) is 1. The molecule has 4 atom stereocenters. The normalized spacial score (nSPS) is 41.1. The first-order valence-corrected chi connectivity index (χ1v) is 8.30. The van der Waals surface area contributed by atoms with Crippen LogP contribution in [-0.2, 0) is 14.2 Å². The molecule has 20 heavy (non-hydrogen) atoms. The lowest BCUT2D eigenvalue weighted by Crippen LogP contribution is -2.42. The van der Waals surface area contributed by atoms with Crippen LogP contribution in [0.1, 0.15) is 46.0 Å². The highest BCUT2D eigenvalue weighted by molar-refractivity contribution is 4.85. The first-order valence-electron chi connectivity index (χ1n) is 8.30. The lowest BCUT2D eigenvalue weighted by molar-refractivity contribution is -0.210. The van der Waals surface area contributed by atoms with Crippen molar-refractivity contribution in [3.8, 4) is 0 Å². The van der Waals surface area contributed by atoms with Crippen LogP contribution in [0, 0.1) is 11.8 Å². The van der Waals surface area contributed by atoms with Crippen molar-refractivity contribution in [1.82, 2.24) is 5.32 Å². The van der Waals surface area contributed by atoms with Crippen LogP contribution in [-0.4, -0.2) is 44.3 Å². The molecule has 1 spiro atoms. The molecule has 4 nitrogen and oxygen atoms in total. The van der Waals surface area contributed by atoms with Crippen molar-refractivity contribution in [2.45, 2.75) is 63.9 Å². The third-order valence-electron chi connectivity index (χ3n) is 5.40. The van der Waals surface area contributed by atoms with Crippen molar-refractivity contribution >= 4 is 0 Å². The molecule has 1 aliphatic carbocycles. The van der Waals surface area contributed by atoms with E-state index in [2.05, 4.69) is 19.2 Å². The Bertz CT molecular complexity index is 317. The summed E-state index contributed by atoms with van der Waals surface area (Å²) in [5.74, 6) is 1.38. The molecule has 1 saturated carbocycles. The van der Waals surface area contributed by atoms with Crippen LogP contribution in [0.25, 0.3) is 0 Å². The molecule has 0 aromatic rings. The van der Waals surface area contributed by atoms with Gasteiger partial charge in [-0.25, -0.2) is 0 Å². The Morgan fingerprint density at radius 2 is 1.90 bits per heavy atom. The minimum atomic E-state index is -0.334. The van der Waals surface area contributed by atoms with E-state index in [1.807, 2.05) is 0 Å². The molecule has 116 valence electrons. The van der Waals surface area contributed by atoms with Crippen LogP contribution in [0.5, 0.6) is 0 Å². The van der Waals surface area contributed by atoms with E-state index < -0.39 is 0 Å². The second kappa shape index (κ2) is 6.30. The van der Waals surface area contributed by atoms with E-state index in [-0.39, 0.29) is 11.9 Å². The van der Waals surface area contributed by atoms with E-state index in [0.29, 0.717) is 6.04 Å². The fourth-order valence-corrected chi connectivity index (χ4v) is 3.69. The molecule has 0 radical (unpaired) electrons. The van der Waals surface area contributed by atoms with Gasteiger partial charge in [0.1, 0.15) is 0 Å². The minimum Gasteiger partial charge on any atom is -0.381 e. The van der Waals surface area contributed by atoms with Gasteiger partial charge in [0.15, 0.2) is 5.79 Å². The molecule has 3 rings (SSSR count). The zero-order chi connectivity index (χ0) is 14.0. The summed E-state index contributed by atoms with van der Waals surface area (Å²) in [6.45, 7) is 7.94. The monoisotopic (exact) mass is 283 g/mol. The molecule has 3 aliphatic rings. The molecule has 0 bridgehead atoms. The Morgan fingerprint density at radius 3 is 2.65 bits per heavy atom. The summed E-state index contributed by atoms with van der Waals surface area (Å²) in [4.78, 5) is 0. The Kier molecular flexibility index (Phi) is 4.65. The molecule has 2 aliphatic heterocycles. The van der Waals surface area contributed by atoms with E-state index in [9.17, 15) is 0 Å². The molecular weight excluding hydrogens is 254 g/mol. The highest BCUT2D eigenvalue weighted by Crippen LogP contribution is 2.33. The molecule has 3 fully saturated rings. The first kappa shape index (κ1) is 14.8. The van der Waals surface area contributed by atoms with Gasteiger partial charge in [-0.05, 0) is 31.1 Å². The molecule has 4 heteroatoms. The lowest BCUT2D eigenvalue weighted by Gasteiger charge is -2.34. The van der Waals surface area contributed by atoms with Crippen LogP contribution in [0.15, 0.2) is 0 Å². The predicted molar refractivity (Wildman–Crippen MR) is 77.6 cm³/mol. The minimum absolute atomic E-state index is 0.211. The summed E-state index contributed by atoms with van der Waals surface area (Å²) in [6, 6.07) is 0.663. The largest absolute Gasteiger partial charge is 0.381 e. The molecule has 0 aromatic heterocycles. The number of rotatable bonds is 3. The van der Waals surface area contributed by atoms with Crippen molar-refractivity contribution in [1.29, 1.82) is 0 Å². The zero-order valence-corrected chi connectivity index (χ0v) is 12.9. The zero-order valence-electron chi connectivity index (χ0n) is 12.9. The van der Waals surface area contributed by atoms with Gasteiger partial charge in [0.05, 0.1) is 25.9 Å². The summed E-state index contributed by atoms with van der Waals surface area (Å²) in [5.41, 5.74) is 0. The topological polar surface area (TPSA) is 39.7 Å². The maximum atomic E-state index is 6.16. The number of hydrogen-bond donors (Lipinski definition) is 1. The molecular formula is C16H29NO3. The lowest BCUT2D eigenvalue weighted by atomic mass is 9.79. The Labute approximate surface area is 122 Å². The molecule has 1 N–H and O–H groups in total. The third-order valence-corrected chi connectivity index (χ3v) is 5.40. The molecule has 2 saturated heterocycles. The van der Waals surface area contributed by atoms with E-state index in [4.69, 9.17) is 14.2 Å². The summed E-state index contributed by atoms with van der Waals surface area (Å²) in [5, 5.41) is 3.70. The Hall–Kier alpha value is -0.160. The van der Waals surface area contributed by atoms with Crippen LogP contribution in [0.2, 0.25) is 0 Å². The van der Waals surface area contributed by atoms with E-state index in [1.54, 1.807) is 0 Å². The van der Waals surface area contributed by atoms with Crippen LogP contribution >= 0.6 is 0 Å². The summed E-state index contributed by atoms with van der Waals surface area (Å²) in [7, 11) is 0.